The highest BCUT2D eigenvalue weighted by atomic mass is 16.2. The molecule has 1 aromatic carbocycles. The highest BCUT2D eigenvalue weighted by Gasteiger charge is 2.26. The van der Waals surface area contributed by atoms with Crippen molar-refractivity contribution in [1.29, 1.82) is 0 Å². The summed E-state index contributed by atoms with van der Waals surface area (Å²) in [6, 6.07) is 9.79. The summed E-state index contributed by atoms with van der Waals surface area (Å²) in [6.07, 6.45) is 7.07. The lowest BCUT2D eigenvalue weighted by Gasteiger charge is -2.30. The van der Waals surface area contributed by atoms with Crippen molar-refractivity contribution in [3.8, 4) is 0 Å². The molecule has 2 amide bonds. The Morgan fingerprint density at radius 1 is 1.22 bits per heavy atom. The van der Waals surface area contributed by atoms with E-state index in [-0.39, 0.29) is 17.7 Å². The van der Waals surface area contributed by atoms with Gasteiger partial charge in [0.15, 0.2) is 0 Å². The van der Waals surface area contributed by atoms with Gasteiger partial charge in [0.05, 0.1) is 0 Å². The average Bonchev–Trinajstić information content (AvgIpc) is 2.61. The van der Waals surface area contributed by atoms with E-state index in [4.69, 9.17) is 0 Å². The Balaban J connectivity index is 1.76. The number of carbonyl (C=O) groups excluding carboxylic acids is 2. The molecule has 1 aliphatic heterocycles. The Morgan fingerprint density at radius 2 is 1.91 bits per heavy atom. The molecule has 0 spiro atoms. The molecule has 124 valence electrons. The summed E-state index contributed by atoms with van der Waals surface area (Å²) in [4.78, 5) is 26.1. The SMILES string of the molecule is CCCCNC(=O)C1CCN(C(=O)C=Cc2ccccc2)CC1. The van der Waals surface area contributed by atoms with E-state index in [0.717, 1.165) is 37.8 Å². The van der Waals surface area contributed by atoms with Crippen LogP contribution in [-0.2, 0) is 9.59 Å². The molecule has 1 N–H and O–H groups in total. The fourth-order valence-electron chi connectivity index (χ4n) is 2.73. The minimum atomic E-state index is 0.0266. The predicted octanol–water partition coefficient (Wildman–Crippen LogP) is 2.85. The van der Waals surface area contributed by atoms with Crippen LogP contribution in [0.3, 0.4) is 0 Å². The zero-order valence-corrected chi connectivity index (χ0v) is 13.8. The molecule has 0 radical (unpaired) electrons. The van der Waals surface area contributed by atoms with Crippen LogP contribution in [0.2, 0.25) is 0 Å². The van der Waals surface area contributed by atoms with Crippen LogP contribution >= 0.6 is 0 Å². The number of benzene rings is 1. The van der Waals surface area contributed by atoms with E-state index in [2.05, 4.69) is 12.2 Å². The zero-order valence-electron chi connectivity index (χ0n) is 13.8. The first kappa shape index (κ1) is 17.3. The van der Waals surface area contributed by atoms with E-state index in [1.165, 1.54) is 0 Å². The van der Waals surface area contributed by atoms with Crippen molar-refractivity contribution < 1.29 is 9.59 Å². The van der Waals surface area contributed by atoms with E-state index < -0.39 is 0 Å². The smallest absolute Gasteiger partial charge is 0.246 e. The number of carbonyl (C=O) groups is 2. The third-order valence-corrected chi connectivity index (χ3v) is 4.22. The maximum Gasteiger partial charge on any atom is 0.246 e. The second kappa shape index (κ2) is 9.13. The first-order valence-electron chi connectivity index (χ1n) is 8.50. The van der Waals surface area contributed by atoms with Crippen LogP contribution in [0.4, 0.5) is 0 Å². The number of unbranched alkanes of at least 4 members (excludes halogenated alkanes) is 1. The third-order valence-electron chi connectivity index (χ3n) is 4.22. The molecular formula is C19H26N2O2. The molecule has 2 rings (SSSR count). The number of nitrogens with one attached hydrogen (secondary N) is 1. The van der Waals surface area contributed by atoms with Gasteiger partial charge < -0.3 is 10.2 Å². The number of rotatable bonds is 6. The van der Waals surface area contributed by atoms with Crippen LogP contribution in [0.5, 0.6) is 0 Å². The number of nitrogens with zero attached hydrogens (tertiary/aromatic N) is 1. The van der Waals surface area contributed by atoms with E-state index in [1.807, 2.05) is 41.3 Å². The molecule has 1 saturated heterocycles. The number of hydrogen-bond donors (Lipinski definition) is 1. The van der Waals surface area contributed by atoms with Gasteiger partial charge in [0.25, 0.3) is 0 Å². The van der Waals surface area contributed by atoms with Crippen LogP contribution in [0, 0.1) is 5.92 Å². The highest BCUT2D eigenvalue weighted by Crippen LogP contribution is 2.18. The largest absolute Gasteiger partial charge is 0.356 e. The summed E-state index contributed by atoms with van der Waals surface area (Å²) in [7, 11) is 0. The van der Waals surface area contributed by atoms with Gasteiger partial charge in [-0.1, -0.05) is 43.7 Å². The molecule has 0 aliphatic carbocycles. The normalized spacial score (nSPS) is 15.8. The first-order valence-corrected chi connectivity index (χ1v) is 8.50. The molecule has 0 aromatic heterocycles. The number of likely N-dealkylation sites (tertiary alicyclic amines) is 1. The lowest BCUT2D eigenvalue weighted by molar-refractivity contribution is -0.132. The Labute approximate surface area is 138 Å². The number of amides is 2. The topological polar surface area (TPSA) is 49.4 Å². The summed E-state index contributed by atoms with van der Waals surface area (Å²) in [5.41, 5.74) is 1.02. The Kier molecular flexibility index (Phi) is 6.85. The molecule has 0 atom stereocenters. The fraction of sp³-hybridized carbons (Fsp3) is 0.474. The van der Waals surface area contributed by atoms with Crippen molar-refractivity contribution in [2.45, 2.75) is 32.6 Å². The number of piperidine rings is 1. The zero-order chi connectivity index (χ0) is 16.5. The fourth-order valence-corrected chi connectivity index (χ4v) is 2.73. The quantitative estimate of drug-likeness (QED) is 0.648. The van der Waals surface area contributed by atoms with Gasteiger partial charge in [-0.05, 0) is 30.9 Å². The van der Waals surface area contributed by atoms with Crippen molar-refractivity contribution in [3.63, 3.8) is 0 Å². The lowest BCUT2D eigenvalue weighted by atomic mass is 9.95. The van der Waals surface area contributed by atoms with Crippen molar-refractivity contribution in [1.82, 2.24) is 10.2 Å². The van der Waals surface area contributed by atoms with Crippen LogP contribution in [0.15, 0.2) is 36.4 Å². The maximum absolute atomic E-state index is 12.2. The molecule has 1 aliphatic rings. The Morgan fingerprint density at radius 3 is 2.57 bits per heavy atom. The van der Waals surface area contributed by atoms with Crippen molar-refractivity contribution >= 4 is 17.9 Å². The monoisotopic (exact) mass is 314 g/mol. The summed E-state index contributed by atoms with van der Waals surface area (Å²) in [5.74, 6) is 0.220. The molecule has 4 heteroatoms. The van der Waals surface area contributed by atoms with E-state index in [0.29, 0.717) is 13.1 Å². The summed E-state index contributed by atoms with van der Waals surface area (Å²) >= 11 is 0. The third kappa shape index (κ3) is 5.55. The minimum Gasteiger partial charge on any atom is -0.356 e. The second-order valence-electron chi connectivity index (χ2n) is 5.99. The Bertz CT molecular complexity index is 532. The van der Waals surface area contributed by atoms with E-state index in [9.17, 15) is 9.59 Å². The number of hydrogen-bond acceptors (Lipinski definition) is 2. The van der Waals surface area contributed by atoms with Gasteiger partial charge in [-0.2, -0.15) is 0 Å². The van der Waals surface area contributed by atoms with Gasteiger partial charge in [0.2, 0.25) is 11.8 Å². The average molecular weight is 314 g/mol. The van der Waals surface area contributed by atoms with E-state index in [1.54, 1.807) is 6.08 Å². The summed E-state index contributed by atoms with van der Waals surface area (Å²) < 4.78 is 0. The van der Waals surface area contributed by atoms with Crippen molar-refractivity contribution in [2.75, 3.05) is 19.6 Å². The van der Waals surface area contributed by atoms with Gasteiger partial charge in [-0.25, -0.2) is 0 Å². The maximum atomic E-state index is 12.2. The van der Waals surface area contributed by atoms with Crippen molar-refractivity contribution in [3.05, 3.63) is 42.0 Å². The van der Waals surface area contributed by atoms with Gasteiger partial charge in [-0.15, -0.1) is 0 Å². The highest BCUT2D eigenvalue weighted by molar-refractivity contribution is 5.92. The Hall–Kier alpha value is -2.10. The second-order valence-corrected chi connectivity index (χ2v) is 5.99. The van der Waals surface area contributed by atoms with Crippen molar-refractivity contribution in [2.24, 2.45) is 5.92 Å². The van der Waals surface area contributed by atoms with Crippen LogP contribution in [-0.4, -0.2) is 36.3 Å². The molecule has 4 nitrogen and oxygen atoms in total. The molecule has 0 saturated carbocycles. The van der Waals surface area contributed by atoms with E-state index >= 15 is 0 Å². The van der Waals surface area contributed by atoms with Crippen LogP contribution < -0.4 is 5.32 Å². The molecule has 0 unspecified atom stereocenters. The lowest BCUT2D eigenvalue weighted by Crippen LogP contribution is -2.42. The van der Waals surface area contributed by atoms with Crippen LogP contribution in [0.1, 0.15) is 38.2 Å². The standard InChI is InChI=1S/C19H26N2O2/c1-2-3-13-20-19(23)17-11-14-21(15-12-17)18(22)10-9-16-7-5-4-6-8-16/h4-10,17H,2-3,11-15H2,1H3,(H,20,23). The molecule has 1 aromatic rings. The van der Waals surface area contributed by atoms with Gasteiger partial charge in [0.1, 0.15) is 0 Å². The van der Waals surface area contributed by atoms with Gasteiger partial charge in [0, 0.05) is 31.6 Å². The molecule has 1 fully saturated rings. The van der Waals surface area contributed by atoms with Gasteiger partial charge in [-0.3, -0.25) is 9.59 Å². The molecular weight excluding hydrogens is 288 g/mol. The molecule has 1 heterocycles. The van der Waals surface area contributed by atoms with Crippen LogP contribution in [0.25, 0.3) is 6.08 Å². The summed E-state index contributed by atoms with van der Waals surface area (Å²) in [5, 5.41) is 2.99. The predicted molar refractivity (Wildman–Crippen MR) is 92.7 cm³/mol. The molecule has 0 bridgehead atoms. The molecule has 23 heavy (non-hydrogen) atoms. The van der Waals surface area contributed by atoms with Gasteiger partial charge >= 0.3 is 0 Å². The minimum absolute atomic E-state index is 0.0266. The summed E-state index contributed by atoms with van der Waals surface area (Å²) in [6.45, 7) is 4.18. The first-order chi connectivity index (χ1) is 11.2.